The Balaban J connectivity index is 1.62. The molecule has 0 bridgehead atoms. The van der Waals surface area contributed by atoms with Crippen LogP contribution in [0.2, 0.25) is 5.02 Å². The molecular weight excluding hydrogens is 371 g/mol. The van der Waals surface area contributed by atoms with Gasteiger partial charge in [0.1, 0.15) is 5.82 Å². The first-order chi connectivity index (χ1) is 13.0. The Morgan fingerprint density at radius 1 is 1.26 bits per heavy atom. The molecule has 3 rings (SSSR count). The van der Waals surface area contributed by atoms with E-state index in [-0.39, 0.29) is 11.7 Å². The van der Waals surface area contributed by atoms with Crippen LogP contribution in [-0.4, -0.2) is 31.7 Å². The molecule has 142 valence electrons. The Bertz CT molecular complexity index is 858. The van der Waals surface area contributed by atoms with Crippen molar-refractivity contribution in [3.8, 4) is 0 Å². The maximum Gasteiger partial charge on any atom is 0.322 e. The lowest BCUT2D eigenvalue weighted by Gasteiger charge is -2.20. The summed E-state index contributed by atoms with van der Waals surface area (Å²) in [5.74, 6) is -0.502. The number of carbonyl (C=O) groups is 2. The van der Waals surface area contributed by atoms with Crippen molar-refractivity contribution in [1.29, 1.82) is 0 Å². The number of urea groups is 2. The number of nitrogens with zero attached hydrogens (tertiary/aromatic N) is 1. The molecular formula is C19H20ClFN4O2. The van der Waals surface area contributed by atoms with Crippen LogP contribution in [0.15, 0.2) is 36.4 Å². The van der Waals surface area contributed by atoms with Crippen molar-refractivity contribution in [2.24, 2.45) is 0 Å². The monoisotopic (exact) mass is 390 g/mol. The van der Waals surface area contributed by atoms with Crippen molar-refractivity contribution in [2.75, 3.05) is 29.9 Å². The van der Waals surface area contributed by atoms with Crippen LogP contribution in [0, 0.1) is 12.7 Å². The number of rotatable bonds is 5. The van der Waals surface area contributed by atoms with Gasteiger partial charge in [-0.05, 0) is 48.7 Å². The molecule has 1 saturated heterocycles. The molecule has 1 aliphatic rings. The first-order valence-electron chi connectivity index (χ1n) is 8.59. The third kappa shape index (κ3) is 4.49. The van der Waals surface area contributed by atoms with Crippen molar-refractivity contribution in [1.82, 2.24) is 10.6 Å². The predicted octanol–water partition coefficient (Wildman–Crippen LogP) is 3.68. The van der Waals surface area contributed by atoms with Crippen LogP contribution in [-0.2, 0) is 6.42 Å². The maximum absolute atomic E-state index is 14.3. The summed E-state index contributed by atoms with van der Waals surface area (Å²) in [5.41, 5.74) is 2.19. The zero-order chi connectivity index (χ0) is 19.4. The fraction of sp³-hybridized carbons (Fsp3) is 0.263. The van der Waals surface area contributed by atoms with Gasteiger partial charge in [0, 0.05) is 30.3 Å². The quantitative estimate of drug-likeness (QED) is 0.728. The zero-order valence-corrected chi connectivity index (χ0v) is 15.6. The number of anilines is 2. The van der Waals surface area contributed by atoms with Crippen LogP contribution in [0.4, 0.5) is 25.4 Å². The van der Waals surface area contributed by atoms with Crippen molar-refractivity contribution < 1.29 is 14.0 Å². The molecule has 8 heteroatoms. The van der Waals surface area contributed by atoms with E-state index in [9.17, 15) is 14.0 Å². The molecule has 27 heavy (non-hydrogen) atoms. The first-order valence-corrected chi connectivity index (χ1v) is 8.97. The fourth-order valence-corrected chi connectivity index (χ4v) is 3.08. The van der Waals surface area contributed by atoms with Gasteiger partial charge >= 0.3 is 12.1 Å². The summed E-state index contributed by atoms with van der Waals surface area (Å²) in [6, 6.07) is 9.40. The van der Waals surface area contributed by atoms with E-state index in [1.54, 1.807) is 19.1 Å². The molecule has 0 aromatic heterocycles. The summed E-state index contributed by atoms with van der Waals surface area (Å²) < 4.78 is 14.3. The molecule has 4 amide bonds. The lowest BCUT2D eigenvalue weighted by Crippen LogP contribution is -2.32. The minimum atomic E-state index is -0.502. The Hall–Kier alpha value is -2.80. The van der Waals surface area contributed by atoms with Gasteiger partial charge in [0.05, 0.1) is 5.69 Å². The van der Waals surface area contributed by atoms with Crippen LogP contribution in [0.25, 0.3) is 0 Å². The molecule has 1 heterocycles. The summed E-state index contributed by atoms with van der Waals surface area (Å²) >= 11 is 5.85. The van der Waals surface area contributed by atoms with Gasteiger partial charge in [-0.1, -0.05) is 23.7 Å². The van der Waals surface area contributed by atoms with Gasteiger partial charge in [-0.25, -0.2) is 14.0 Å². The molecule has 0 saturated carbocycles. The number of hydrogen-bond donors (Lipinski definition) is 3. The highest BCUT2D eigenvalue weighted by molar-refractivity contribution is 6.30. The van der Waals surface area contributed by atoms with Crippen molar-refractivity contribution in [3.63, 3.8) is 0 Å². The van der Waals surface area contributed by atoms with Gasteiger partial charge in [-0.2, -0.15) is 0 Å². The Kier molecular flexibility index (Phi) is 5.81. The standard InChI is InChI=1S/C19H20ClFN4O2/c1-12-16(7-6-15(21)17(12)25-11-10-23-19(25)27)24-18(26)22-9-8-13-2-4-14(20)5-3-13/h2-7H,8-11H2,1H3,(H,23,27)(H2,22,24,26). The number of amides is 4. The fourth-order valence-electron chi connectivity index (χ4n) is 2.96. The zero-order valence-electron chi connectivity index (χ0n) is 14.8. The smallest absolute Gasteiger partial charge is 0.322 e. The molecule has 1 fully saturated rings. The molecule has 2 aromatic carbocycles. The summed E-state index contributed by atoms with van der Waals surface area (Å²) in [6.45, 7) is 2.95. The van der Waals surface area contributed by atoms with Crippen LogP contribution >= 0.6 is 11.6 Å². The van der Waals surface area contributed by atoms with Gasteiger partial charge in [0.15, 0.2) is 0 Å². The number of carbonyl (C=O) groups excluding carboxylic acids is 2. The highest BCUT2D eigenvalue weighted by Crippen LogP contribution is 2.31. The van der Waals surface area contributed by atoms with E-state index in [1.807, 2.05) is 12.1 Å². The maximum atomic E-state index is 14.3. The van der Waals surface area contributed by atoms with Gasteiger partial charge < -0.3 is 16.0 Å². The van der Waals surface area contributed by atoms with E-state index in [0.29, 0.717) is 42.3 Å². The Morgan fingerprint density at radius 2 is 2.00 bits per heavy atom. The van der Waals surface area contributed by atoms with Crippen molar-refractivity contribution in [2.45, 2.75) is 13.3 Å². The third-order valence-corrected chi connectivity index (χ3v) is 4.62. The third-order valence-electron chi connectivity index (χ3n) is 4.37. The number of hydrogen-bond acceptors (Lipinski definition) is 2. The van der Waals surface area contributed by atoms with E-state index < -0.39 is 11.8 Å². The van der Waals surface area contributed by atoms with Crippen LogP contribution in [0.5, 0.6) is 0 Å². The molecule has 0 spiro atoms. The van der Waals surface area contributed by atoms with Crippen LogP contribution < -0.4 is 20.9 Å². The van der Waals surface area contributed by atoms with Crippen LogP contribution in [0.1, 0.15) is 11.1 Å². The molecule has 0 radical (unpaired) electrons. The number of benzene rings is 2. The second kappa shape index (κ2) is 8.26. The Labute approximate surface area is 161 Å². The average molecular weight is 391 g/mol. The summed E-state index contributed by atoms with van der Waals surface area (Å²) in [7, 11) is 0. The predicted molar refractivity (Wildman–Crippen MR) is 104 cm³/mol. The second-order valence-electron chi connectivity index (χ2n) is 6.21. The van der Waals surface area contributed by atoms with Crippen molar-refractivity contribution in [3.05, 3.63) is 58.4 Å². The normalized spacial score (nSPS) is 13.4. The van der Waals surface area contributed by atoms with E-state index in [2.05, 4.69) is 16.0 Å². The molecule has 3 N–H and O–H groups in total. The summed E-state index contributed by atoms with van der Waals surface area (Å²) in [4.78, 5) is 25.4. The lowest BCUT2D eigenvalue weighted by molar-refractivity contribution is 0.251. The Morgan fingerprint density at radius 3 is 2.67 bits per heavy atom. The summed E-state index contributed by atoms with van der Waals surface area (Å²) in [5, 5.41) is 8.79. The summed E-state index contributed by atoms with van der Waals surface area (Å²) in [6.07, 6.45) is 0.659. The number of halogens is 2. The minimum absolute atomic E-state index is 0.184. The molecule has 0 aliphatic carbocycles. The SMILES string of the molecule is Cc1c(NC(=O)NCCc2ccc(Cl)cc2)ccc(F)c1N1CCNC1=O. The highest BCUT2D eigenvalue weighted by atomic mass is 35.5. The van der Waals surface area contributed by atoms with Crippen molar-refractivity contribution >= 4 is 35.0 Å². The molecule has 1 aliphatic heterocycles. The lowest BCUT2D eigenvalue weighted by atomic mass is 10.1. The van der Waals surface area contributed by atoms with E-state index in [0.717, 1.165) is 5.56 Å². The second-order valence-corrected chi connectivity index (χ2v) is 6.65. The number of nitrogens with one attached hydrogen (secondary N) is 3. The largest absolute Gasteiger partial charge is 0.338 e. The van der Waals surface area contributed by atoms with Gasteiger partial charge in [0.25, 0.3) is 0 Å². The topological polar surface area (TPSA) is 73.5 Å². The van der Waals surface area contributed by atoms with E-state index >= 15 is 0 Å². The van der Waals surface area contributed by atoms with Crippen LogP contribution in [0.3, 0.4) is 0 Å². The highest BCUT2D eigenvalue weighted by Gasteiger charge is 2.26. The minimum Gasteiger partial charge on any atom is -0.338 e. The first kappa shape index (κ1) is 19.0. The molecule has 0 atom stereocenters. The molecule has 2 aromatic rings. The van der Waals surface area contributed by atoms with E-state index in [4.69, 9.17) is 11.6 Å². The van der Waals surface area contributed by atoms with Gasteiger partial charge in [-0.15, -0.1) is 0 Å². The van der Waals surface area contributed by atoms with E-state index in [1.165, 1.54) is 17.0 Å². The van der Waals surface area contributed by atoms with Gasteiger partial charge in [0.2, 0.25) is 0 Å². The van der Waals surface area contributed by atoms with Gasteiger partial charge in [-0.3, -0.25) is 4.90 Å². The molecule has 0 unspecified atom stereocenters. The molecule has 6 nitrogen and oxygen atoms in total. The average Bonchev–Trinajstić information content (AvgIpc) is 3.05.